The van der Waals surface area contributed by atoms with Gasteiger partial charge in [0.05, 0.1) is 5.75 Å². The lowest BCUT2D eigenvalue weighted by Crippen LogP contribution is -1.97. The lowest BCUT2D eigenvalue weighted by Gasteiger charge is -1.88. The monoisotopic (exact) mass is 211 g/mol. The minimum absolute atomic E-state index is 0.233. The first-order valence-corrected chi connectivity index (χ1v) is 5.34. The van der Waals surface area contributed by atoms with E-state index in [1.165, 1.54) is 11.8 Å². The molecule has 0 rings (SSSR count). The molecule has 72 valence electrons. The van der Waals surface area contributed by atoms with Crippen LogP contribution in [0.5, 0.6) is 0 Å². The second kappa shape index (κ2) is 10.7. The first kappa shape index (κ1) is 14.2. The molecule has 1 unspecified atom stereocenters. The Labute approximate surface area is 78.3 Å². The number of carboxylic acids is 1. The standard InChI is InChI=1S/C4H8O2S.C2H4O2S/c1-2-7-3-4(5)6;1-2-5(3)4/h2-3H2,1H3,(H,5,6);2H,1H2,(H,3,4)/p-1. The normalized spacial score (nSPS) is 10.8. The molecule has 0 radical (unpaired) electrons. The molecule has 0 amide bonds. The third kappa shape index (κ3) is 22.6. The summed E-state index contributed by atoms with van der Waals surface area (Å²) in [6.45, 7) is 4.89. The van der Waals surface area contributed by atoms with E-state index in [2.05, 4.69) is 6.58 Å². The van der Waals surface area contributed by atoms with E-state index < -0.39 is 17.0 Å². The van der Waals surface area contributed by atoms with Crippen LogP contribution >= 0.6 is 11.8 Å². The summed E-state index contributed by atoms with van der Waals surface area (Å²) in [5.74, 6) is 0.384. The van der Waals surface area contributed by atoms with Crippen molar-refractivity contribution in [3.8, 4) is 0 Å². The molecule has 6 heteroatoms. The second-order valence-electron chi connectivity index (χ2n) is 1.46. The SMILES string of the molecule is C=CS(=O)[O-].CCSCC(=O)O. The fraction of sp³-hybridized carbons (Fsp3) is 0.500. The molecule has 1 atom stereocenters. The van der Waals surface area contributed by atoms with Gasteiger partial charge in [-0.2, -0.15) is 11.8 Å². The number of thioether (sulfide) groups is 1. The number of hydrogen-bond donors (Lipinski definition) is 1. The third-order valence-corrected chi connectivity index (χ3v) is 1.70. The highest BCUT2D eigenvalue weighted by Gasteiger charge is 1.91. The van der Waals surface area contributed by atoms with Crippen molar-refractivity contribution < 1.29 is 18.7 Å². The molecule has 0 aromatic rings. The molecule has 0 bridgehead atoms. The van der Waals surface area contributed by atoms with Crippen LogP contribution in [0.4, 0.5) is 0 Å². The second-order valence-corrected chi connectivity index (χ2v) is 3.59. The highest BCUT2D eigenvalue weighted by Crippen LogP contribution is 1.95. The largest absolute Gasteiger partial charge is 0.769 e. The maximum absolute atomic E-state index is 9.74. The maximum Gasteiger partial charge on any atom is 0.313 e. The summed E-state index contributed by atoms with van der Waals surface area (Å²) in [7, 11) is 0. The summed E-state index contributed by atoms with van der Waals surface area (Å²) in [6.07, 6.45) is 0. The van der Waals surface area contributed by atoms with E-state index in [-0.39, 0.29) is 5.75 Å². The number of carboxylic acid groups (broad SMARTS) is 1. The predicted octanol–water partition coefficient (Wildman–Crippen LogP) is 0.833. The van der Waals surface area contributed by atoms with Gasteiger partial charge in [0.15, 0.2) is 0 Å². The van der Waals surface area contributed by atoms with E-state index >= 15 is 0 Å². The number of carbonyl (C=O) groups is 1. The van der Waals surface area contributed by atoms with Crippen molar-refractivity contribution in [3.05, 3.63) is 12.0 Å². The van der Waals surface area contributed by atoms with Crippen LogP contribution in [-0.2, 0) is 15.9 Å². The Bertz CT molecular complexity index is 158. The molecule has 0 saturated carbocycles. The highest BCUT2D eigenvalue weighted by atomic mass is 32.2. The summed E-state index contributed by atoms with van der Waals surface area (Å²) >= 11 is -0.642. The smallest absolute Gasteiger partial charge is 0.313 e. The predicted molar refractivity (Wildman–Crippen MR) is 49.8 cm³/mol. The van der Waals surface area contributed by atoms with Gasteiger partial charge in [-0.25, -0.2) is 0 Å². The average Bonchev–Trinajstić information content (AvgIpc) is 2.02. The van der Waals surface area contributed by atoms with E-state index in [4.69, 9.17) is 5.11 Å². The van der Waals surface area contributed by atoms with Gasteiger partial charge in [-0.1, -0.05) is 13.5 Å². The number of rotatable bonds is 4. The van der Waals surface area contributed by atoms with E-state index in [1.54, 1.807) is 0 Å². The molecule has 12 heavy (non-hydrogen) atoms. The summed E-state index contributed by atoms with van der Waals surface area (Å²) < 4.78 is 18.5. The summed E-state index contributed by atoms with van der Waals surface area (Å²) in [6, 6.07) is 0. The van der Waals surface area contributed by atoms with Gasteiger partial charge in [0.25, 0.3) is 0 Å². The van der Waals surface area contributed by atoms with E-state index in [9.17, 15) is 13.6 Å². The topological polar surface area (TPSA) is 77.4 Å². The van der Waals surface area contributed by atoms with Gasteiger partial charge in [0.2, 0.25) is 0 Å². The lowest BCUT2D eigenvalue weighted by molar-refractivity contribution is -0.133. The first-order valence-electron chi connectivity index (χ1n) is 3.04. The Kier molecular flexibility index (Phi) is 12.6. The van der Waals surface area contributed by atoms with Crippen LogP contribution in [0.15, 0.2) is 12.0 Å². The Morgan fingerprint density at radius 3 is 2.33 bits per heavy atom. The number of aliphatic carboxylic acids is 1. The van der Waals surface area contributed by atoms with E-state index in [0.717, 1.165) is 11.2 Å². The van der Waals surface area contributed by atoms with Crippen molar-refractivity contribution in [2.75, 3.05) is 11.5 Å². The fourth-order valence-corrected chi connectivity index (χ4v) is 0.568. The molecule has 0 aliphatic rings. The summed E-state index contributed by atoms with van der Waals surface area (Å²) in [5, 5.41) is 8.86. The average molecular weight is 211 g/mol. The molecule has 0 fully saturated rings. The van der Waals surface area contributed by atoms with E-state index in [0.29, 0.717) is 0 Å². The Morgan fingerprint density at radius 2 is 2.25 bits per heavy atom. The van der Waals surface area contributed by atoms with Crippen LogP contribution in [0.1, 0.15) is 6.92 Å². The van der Waals surface area contributed by atoms with Crippen molar-refractivity contribution >= 4 is 28.8 Å². The van der Waals surface area contributed by atoms with Crippen molar-refractivity contribution in [1.29, 1.82) is 0 Å². The van der Waals surface area contributed by atoms with Crippen LogP contribution in [0.25, 0.3) is 0 Å². The molecule has 1 N–H and O–H groups in total. The zero-order valence-electron chi connectivity index (χ0n) is 6.69. The van der Waals surface area contributed by atoms with Crippen molar-refractivity contribution in [3.63, 3.8) is 0 Å². The zero-order valence-corrected chi connectivity index (χ0v) is 8.32. The van der Waals surface area contributed by atoms with Gasteiger partial charge in [0, 0.05) is 0 Å². The Morgan fingerprint density at radius 1 is 1.83 bits per heavy atom. The van der Waals surface area contributed by atoms with Gasteiger partial charge >= 0.3 is 5.97 Å². The van der Waals surface area contributed by atoms with Crippen LogP contribution < -0.4 is 0 Å². The quantitative estimate of drug-likeness (QED) is 0.697. The van der Waals surface area contributed by atoms with E-state index in [1.807, 2.05) is 6.92 Å². The summed E-state index contributed by atoms with van der Waals surface area (Å²) in [5.41, 5.74) is 0. The molecular formula is C6H11O4S2-. The molecule has 0 aromatic carbocycles. The molecule has 0 aliphatic carbocycles. The lowest BCUT2D eigenvalue weighted by atomic mass is 10.8. The van der Waals surface area contributed by atoms with Gasteiger partial charge in [-0.05, 0) is 22.2 Å². The number of hydrogen-bond acceptors (Lipinski definition) is 4. The molecule has 0 spiro atoms. The molecule has 0 saturated heterocycles. The van der Waals surface area contributed by atoms with Crippen LogP contribution in [-0.4, -0.2) is 31.3 Å². The highest BCUT2D eigenvalue weighted by molar-refractivity contribution is 7.99. The van der Waals surface area contributed by atoms with Gasteiger partial charge in [-0.3, -0.25) is 9.00 Å². The summed E-state index contributed by atoms with van der Waals surface area (Å²) in [4.78, 5) is 9.74. The maximum atomic E-state index is 9.74. The van der Waals surface area contributed by atoms with Crippen LogP contribution in [0.2, 0.25) is 0 Å². The van der Waals surface area contributed by atoms with Crippen LogP contribution in [0, 0.1) is 0 Å². The van der Waals surface area contributed by atoms with Crippen molar-refractivity contribution in [2.45, 2.75) is 6.92 Å². The molecule has 0 aromatic heterocycles. The Hall–Kier alpha value is -0.330. The minimum atomic E-state index is -2.06. The zero-order chi connectivity index (χ0) is 9.98. The molecule has 0 aliphatic heterocycles. The third-order valence-electron chi connectivity index (χ3n) is 0.566. The van der Waals surface area contributed by atoms with Crippen molar-refractivity contribution in [1.82, 2.24) is 0 Å². The molecule has 0 heterocycles. The molecular weight excluding hydrogens is 200 g/mol. The Balaban J connectivity index is 0. The fourth-order valence-electron chi connectivity index (χ4n) is 0.189. The first-order chi connectivity index (χ1) is 5.54. The molecule has 4 nitrogen and oxygen atoms in total. The minimum Gasteiger partial charge on any atom is -0.769 e. The van der Waals surface area contributed by atoms with Gasteiger partial charge < -0.3 is 9.66 Å². The van der Waals surface area contributed by atoms with Gasteiger partial charge in [0.1, 0.15) is 0 Å². The van der Waals surface area contributed by atoms with Crippen LogP contribution in [0.3, 0.4) is 0 Å². The van der Waals surface area contributed by atoms with Gasteiger partial charge in [-0.15, -0.1) is 0 Å². The van der Waals surface area contributed by atoms with Crippen molar-refractivity contribution in [2.24, 2.45) is 0 Å².